The van der Waals surface area contributed by atoms with Crippen LogP contribution in [-0.2, 0) is 9.53 Å². The predicted octanol–water partition coefficient (Wildman–Crippen LogP) is 0.868. The maximum absolute atomic E-state index is 12.4. The molecule has 2 amide bonds. The number of amides is 2. The second-order valence-corrected chi connectivity index (χ2v) is 5.80. The van der Waals surface area contributed by atoms with E-state index in [0.717, 1.165) is 12.8 Å². The quantitative estimate of drug-likeness (QED) is 0.893. The summed E-state index contributed by atoms with van der Waals surface area (Å²) in [4.78, 5) is 26.8. The number of morpholine rings is 1. The first-order chi connectivity index (χ1) is 9.25. The van der Waals surface area contributed by atoms with E-state index in [0.29, 0.717) is 24.1 Å². The molecule has 0 radical (unpaired) electrons. The van der Waals surface area contributed by atoms with Crippen molar-refractivity contribution in [2.75, 3.05) is 19.8 Å². The number of carbonyl (C=O) groups is 2. The number of thiophene rings is 1. The van der Waals surface area contributed by atoms with Crippen LogP contribution in [-0.4, -0.2) is 48.6 Å². The summed E-state index contributed by atoms with van der Waals surface area (Å²) in [6.45, 7) is 1.25. The van der Waals surface area contributed by atoms with E-state index in [4.69, 9.17) is 4.74 Å². The lowest BCUT2D eigenvalue weighted by atomic mass is 10.2. The first-order valence-corrected chi connectivity index (χ1v) is 7.36. The summed E-state index contributed by atoms with van der Waals surface area (Å²) in [6, 6.07) is 3.44. The minimum atomic E-state index is -0.496. The Morgan fingerprint density at radius 2 is 2.26 bits per heavy atom. The third kappa shape index (κ3) is 2.79. The summed E-state index contributed by atoms with van der Waals surface area (Å²) >= 11 is 1.40. The van der Waals surface area contributed by atoms with Crippen LogP contribution in [0.3, 0.4) is 0 Å². The number of carbonyl (C=O) groups excluding carboxylic acids is 2. The molecule has 1 aliphatic carbocycles. The van der Waals surface area contributed by atoms with Gasteiger partial charge in [0.1, 0.15) is 6.04 Å². The summed E-state index contributed by atoms with van der Waals surface area (Å²) in [5.74, 6) is -0.165. The Morgan fingerprint density at radius 1 is 1.42 bits per heavy atom. The normalized spacial score (nSPS) is 23.2. The van der Waals surface area contributed by atoms with Crippen molar-refractivity contribution in [3.8, 4) is 0 Å². The van der Waals surface area contributed by atoms with Crippen LogP contribution in [0.4, 0.5) is 0 Å². The van der Waals surface area contributed by atoms with Crippen LogP contribution < -0.4 is 5.32 Å². The van der Waals surface area contributed by atoms with Crippen molar-refractivity contribution in [1.82, 2.24) is 10.2 Å². The molecule has 1 N–H and O–H groups in total. The Hall–Kier alpha value is -1.40. The standard InChI is InChI=1S/C13H16N2O3S/c16-12(14-9-3-4-9)10-8-18-6-5-15(10)13(17)11-2-1-7-19-11/h1-2,7,9-10H,3-6,8H2,(H,14,16). The first-order valence-electron chi connectivity index (χ1n) is 6.48. The zero-order valence-corrected chi connectivity index (χ0v) is 11.3. The van der Waals surface area contributed by atoms with E-state index in [9.17, 15) is 9.59 Å². The van der Waals surface area contributed by atoms with E-state index < -0.39 is 6.04 Å². The summed E-state index contributed by atoms with van der Waals surface area (Å²) in [5.41, 5.74) is 0. The fourth-order valence-electron chi connectivity index (χ4n) is 2.13. The van der Waals surface area contributed by atoms with E-state index in [2.05, 4.69) is 5.32 Å². The Bertz CT molecular complexity index is 470. The van der Waals surface area contributed by atoms with Gasteiger partial charge in [-0.3, -0.25) is 9.59 Å². The number of ether oxygens (including phenoxy) is 1. The number of hydrogen-bond donors (Lipinski definition) is 1. The van der Waals surface area contributed by atoms with Gasteiger partial charge in [-0.05, 0) is 24.3 Å². The lowest BCUT2D eigenvalue weighted by Gasteiger charge is -2.34. The predicted molar refractivity (Wildman–Crippen MR) is 71.1 cm³/mol. The third-order valence-electron chi connectivity index (χ3n) is 3.35. The van der Waals surface area contributed by atoms with Crippen molar-refractivity contribution in [3.05, 3.63) is 22.4 Å². The molecule has 102 valence electrons. The molecule has 0 spiro atoms. The maximum atomic E-state index is 12.4. The smallest absolute Gasteiger partial charge is 0.264 e. The molecule has 1 unspecified atom stereocenters. The van der Waals surface area contributed by atoms with Crippen molar-refractivity contribution in [3.63, 3.8) is 0 Å². The topological polar surface area (TPSA) is 58.6 Å². The van der Waals surface area contributed by atoms with E-state index in [1.807, 2.05) is 11.4 Å². The molecule has 5 nitrogen and oxygen atoms in total. The van der Waals surface area contributed by atoms with Gasteiger partial charge < -0.3 is 15.0 Å². The number of hydrogen-bond acceptors (Lipinski definition) is 4. The fourth-order valence-corrected chi connectivity index (χ4v) is 2.81. The van der Waals surface area contributed by atoms with Crippen LogP contribution in [0, 0.1) is 0 Å². The molecule has 19 heavy (non-hydrogen) atoms. The van der Waals surface area contributed by atoms with Gasteiger partial charge in [0.25, 0.3) is 5.91 Å². The number of nitrogens with one attached hydrogen (secondary N) is 1. The Morgan fingerprint density at radius 3 is 2.95 bits per heavy atom. The van der Waals surface area contributed by atoms with Gasteiger partial charge in [-0.1, -0.05) is 6.07 Å². The molecular weight excluding hydrogens is 264 g/mol. The molecule has 6 heteroatoms. The highest BCUT2D eigenvalue weighted by molar-refractivity contribution is 7.12. The summed E-state index contributed by atoms with van der Waals surface area (Å²) in [7, 11) is 0. The summed E-state index contributed by atoms with van der Waals surface area (Å²) < 4.78 is 5.35. The fraction of sp³-hybridized carbons (Fsp3) is 0.538. The lowest BCUT2D eigenvalue weighted by molar-refractivity contribution is -0.130. The maximum Gasteiger partial charge on any atom is 0.264 e. The van der Waals surface area contributed by atoms with Gasteiger partial charge in [0.2, 0.25) is 5.91 Å². The molecule has 1 saturated carbocycles. The van der Waals surface area contributed by atoms with Gasteiger partial charge in [0.05, 0.1) is 18.1 Å². The molecule has 1 aromatic rings. The van der Waals surface area contributed by atoms with Crippen molar-refractivity contribution < 1.29 is 14.3 Å². The van der Waals surface area contributed by atoms with Crippen molar-refractivity contribution in [2.24, 2.45) is 0 Å². The zero-order chi connectivity index (χ0) is 13.2. The molecule has 2 aliphatic rings. The van der Waals surface area contributed by atoms with Crippen LogP contribution in [0.5, 0.6) is 0 Å². The average Bonchev–Trinajstić information content (AvgIpc) is 3.08. The molecule has 3 rings (SSSR count). The van der Waals surface area contributed by atoms with Gasteiger partial charge in [0.15, 0.2) is 0 Å². The average molecular weight is 280 g/mol. The lowest BCUT2D eigenvalue weighted by Crippen LogP contribution is -2.56. The van der Waals surface area contributed by atoms with E-state index in [1.165, 1.54) is 11.3 Å². The second-order valence-electron chi connectivity index (χ2n) is 4.85. The number of rotatable bonds is 3. The van der Waals surface area contributed by atoms with Crippen molar-refractivity contribution >= 4 is 23.2 Å². The second kappa shape index (κ2) is 5.30. The molecule has 1 aliphatic heterocycles. The van der Waals surface area contributed by atoms with E-state index >= 15 is 0 Å². The SMILES string of the molecule is O=C(NC1CC1)C1COCCN1C(=O)c1cccs1. The highest BCUT2D eigenvalue weighted by Crippen LogP contribution is 2.21. The highest BCUT2D eigenvalue weighted by Gasteiger charge is 2.36. The zero-order valence-electron chi connectivity index (χ0n) is 10.5. The molecule has 2 heterocycles. The van der Waals surface area contributed by atoms with E-state index in [-0.39, 0.29) is 18.4 Å². The number of nitrogens with zero attached hydrogens (tertiary/aromatic N) is 1. The van der Waals surface area contributed by atoms with Gasteiger partial charge in [-0.15, -0.1) is 11.3 Å². The van der Waals surface area contributed by atoms with Crippen LogP contribution in [0.25, 0.3) is 0 Å². The summed E-state index contributed by atoms with van der Waals surface area (Å²) in [6.07, 6.45) is 2.08. The minimum Gasteiger partial charge on any atom is -0.377 e. The van der Waals surface area contributed by atoms with Crippen LogP contribution in [0.15, 0.2) is 17.5 Å². The third-order valence-corrected chi connectivity index (χ3v) is 4.21. The Labute approximate surface area is 115 Å². The van der Waals surface area contributed by atoms with Crippen LogP contribution in [0.2, 0.25) is 0 Å². The first kappa shape index (κ1) is 12.6. The molecule has 1 atom stereocenters. The molecule has 0 bridgehead atoms. The van der Waals surface area contributed by atoms with Gasteiger partial charge in [-0.2, -0.15) is 0 Å². The van der Waals surface area contributed by atoms with Crippen LogP contribution in [0.1, 0.15) is 22.5 Å². The van der Waals surface area contributed by atoms with Gasteiger partial charge >= 0.3 is 0 Å². The van der Waals surface area contributed by atoms with Crippen LogP contribution >= 0.6 is 11.3 Å². The molecule has 1 aromatic heterocycles. The molecule has 2 fully saturated rings. The Balaban J connectivity index is 1.72. The monoisotopic (exact) mass is 280 g/mol. The van der Waals surface area contributed by atoms with Gasteiger partial charge in [-0.25, -0.2) is 0 Å². The highest BCUT2D eigenvalue weighted by atomic mass is 32.1. The van der Waals surface area contributed by atoms with Gasteiger partial charge in [0, 0.05) is 12.6 Å². The van der Waals surface area contributed by atoms with Crippen molar-refractivity contribution in [1.29, 1.82) is 0 Å². The van der Waals surface area contributed by atoms with Crippen molar-refractivity contribution in [2.45, 2.75) is 24.9 Å². The minimum absolute atomic E-state index is 0.0748. The van der Waals surface area contributed by atoms with E-state index in [1.54, 1.807) is 11.0 Å². The largest absolute Gasteiger partial charge is 0.377 e. The summed E-state index contributed by atoms with van der Waals surface area (Å²) in [5, 5.41) is 4.81. The molecule has 0 aromatic carbocycles. The molecular formula is C13H16N2O3S. The Kier molecular flexibility index (Phi) is 3.52. The molecule has 1 saturated heterocycles.